The predicted octanol–water partition coefficient (Wildman–Crippen LogP) is 0.462. The molecule has 1 unspecified atom stereocenters. The minimum absolute atomic E-state index is 0.102. The summed E-state index contributed by atoms with van der Waals surface area (Å²) in [4.78, 5) is 0. The molecule has 0 N–H and O–H groups in total. The normalized spacial score (nSPS) is 24.7. The Kier molecular flexibility index (Phi) is 1.95. The molecule has 0 saturated carbocycles. The fourth-order valence-corrected chi connectivity index (χ4v) is 2.15. The SMILES string of the molecule is COC1CC(F)(F)c2n[n]([AlH2])cc21. The van der Waals surface area contributed by atoms with E-state index in [0.29, 0.717) is 22.1 Å². The van der Waals surface area contributed by atoms with Gasteiger partial charge in [-0.2, -0.15) is 13.9 Å². The summed E-state index contributed by atoms with van der Waals surface area (Å²) in [5.74, 6) is -2.81. The van der Waals surface area contributed by atoms with Crippen LogP contribution in [0.25, 0.3) is 0 Å². The van der Waals surface area contributed by atoms with Crippen molar-refractivity contribution in [3.63, 3.8) is 0 Å². The van der Waals surface area contributed by atoms with E-state index in [1.807, 2.05) is 0 Å². The fourth-order valence-electron chi connectivity index (χ4n) is 1.68. The second kappa shape index (κ2) is 2.77. The number of aromatic nitrogens is 2. The Balaban J connectivity index is 2.49. The van der Waals surface area contributed by atoms with Crippen molar-refractivity contribution in [3.05, 3.63) is 17.5 Å². The van der Waals surface area contributed by atoms with Gasteiger partial charge in [0.2, 0.25) is 0 Å². The molecule has 6 heteroatoms. The van der Waals surface area contributed by atoms with E-state index >= 15 is 0 Å². The zero-order chi connectivity index (χ0) is 9.64. The zero-order valence-corrected chi connectivity index (χ0v) is 9.42. The van der Waals surface area contributed by atoms with Gasteiger partial charge in [-0.1, -0.05) is 0 Å². The first-order valence-corrected chi connectivity index (χ1v) is 4.88. The molecule has 1 heterocycles. The van der Waals surface area contributed by atoms with E-state index < -0.39 is 12.0 Å². The van der Waals surface area contributed by atoms with Crippen molar-refractivity contribution < 1.29 is 13.5 Å². The Hall–Kier alpha value is -0.438. The monoisotopic (exact) mass is 202 g/mol. The van der Waals surface area contributed by atoms with Gasteiger partial charge in [0.15, 0.2) is 0 Å². The predicted molar refractivity (Wildman–Crippen MR) is 44.4 cm³/mol. The van der Waals surface area contributed by atoms with Crippen LogP contribution in [0, 0.1) is 0 Å². The maximum atomic E-state index is 13.2. The Morgan fingerprint density at radius 1 is 1.77 bits per heavy atom. The summed E-state index contributed by atoms with van der Waals surface area (Å²) < 4.78 is 33.0. The molecule has 0 amide bonds. The third-order valence-corrected chi connectivity index (χ3v) is 2.73. The lowest BCUT2D eigenvalue weighted by Gasteiger charge is -2.10. The summed E-state index contributed by atoms with van der Waals surface area (Å²) in [6.45, 7) is 0. The first-order chi connectivity index (χ1) is 6.04. The number of ether oxygens (including phenoxy) is 1. The highest BCUT2D eigenvalue weighted by Gasteiger charge is 2.47. The summed E-state index contributed by atoms with van der Waals surface area (Å²) in [5, 5.41) is 3.79. The Morgan fingerprint density at radius 3 is 3.08 bits per heavy atom. The standard InChI is InChI=1S/C7H7F2N2O.Al.2H/c1-12-5-2-7(8,9)6-4(5)3-10-11-6;;;/h3,5H,2H2,1H3;;;/q-1;+1;;. The number of alkyl halides is 2. The molecule has 0 radical (unpaired) electrons. The van der Waals surface area contributed by atoms with E-state index in [2.05, 4.69) is 5.10 Å². The Labute approximate surface area is 82.3 Å². The van der Waals surface area contributed by atoms with E-state index in [4.69, 9.17) is 4.74 Å². The molecular weight excluding hydrogens is 193 g/mol. The third kappa shape index (κ3) is 1.30. The van der Waals surface area contributed by atoms with Crippen molar-refractivity contribution in [1.82, 2.24) is 8.76 Å². The van der Waals surface area contributed by atoms with E-state index in [9.17, 15) is 8.78 Å². The molecule has 1 atom stereocenters. The van der Waals surface area contributed by atoms with Crippen molar-refractivity contribution >= 4 is 16.5 Å². The highest BCUT2D eigenvalue weighted by Crippen LogP contribution is 2.47. The Bertz CT molecular complexity index is 339. The molecule has 3 nitrogen and oxygen atoms in total. The van der Waals surface area contributed by atoms with E-state index in [-0.39, 0.29) is 12.1 Å². The van der Waals surface area contributed by atoms with Crippen LogP contribution < -0.4 is 0 Å². The van der Waals surface area contributed by atoms with Crippen LogP contribution in [-0.2, 0) is 10.7 Å². The summed E-state index contributed by atoms with van der Waals surface area (Å²) >= 11 is 0.621. The largest absolute Gasteiger partial charge is 0.397 e. The third-order valence-electron chi connectivity index (χ3n) is 2.28. The van der Waals surface area contributed by atoms with Crippen LogP contribution in [0.3, 0.4) is 0 Å². The highest BCUT2D eigenvalue weighted by molar-refractivity contribution is 6.05. The lowest BCUT2D eigenvalue weighted by molar-refractivity contribution is -0.0427. The quantitative estimate of drug-likeness (QED) is 0.619. The minimum atomic E-state index is -2.81. The van der Waals surface area contributed by atoms with Gasteiger partial charge in [0.05, 0.1) is 6.10 Å². The molecule has 2 rings (SSSR count). The summed E-state index contributed by atoms with van der Waals surface area (Å²) in [7, 11) is 1.44. The number of hydrogen-bond donors (Lipinski definition) is 0. The number of methoxy groups -OCH3 is 1. The number of fused-ring (bicyclic) bond motifs is 1. The average molecular weight is 202 g/mol. The average Bonchev–Trinajstić information content (AvgIpc) is 2.51. The van der Waals surface area contributed by atoms with Crippen molar-refractivity contribution in [2.24, 2.45) is 0 Å². The number of nitrogens with zero attached hydrogens (tertiary/aromatic N) is 2. The van der Waals surface area contributed by atoms with Gasteiger partial charge in [0.25, 0.3) is 5.92 Å². The van der Waals surface area contributed by atoms with E-state index in [0.717, 1.165) is 0 Å². The minimum Gasteiger partial charge on any atom is -0.376 e. The van der Waals surface area contributed by atoms with Gasteiger partial charge in [-0.25, -0.2) is 0 Å². The van der Waals surface area contributed by atoms with Gasteiger partial charge in [-0.05, 0) is 0 Å². The van der Waals surface area contributed by atoms with Gasteiger partial charge < -0.3 is 8.40 Å². The van der Waals surface area contributed by atoms with Crippen LogP contribution in [0.4, 0.5) is 8.78 Å². The van der Waals surface area contributed by atoms with Crippen LogP contribution in [0.5, 0.6) is 0 Å². The second-order valence-electron chi connectivity index (χ2n) is 3.24. The van der Waals surface area contributed by atoms with Crippen molar-refractivity contribution in [2.45, 2.75) is 18.4 Å². The van der Waals surface area contributed by atoms with Crippen molar-refractivity contribution in [1.29, 1.82) is 0 Å². The lowest BCUT2D eigenvalue weighted by atomic mass is 10.2. The van der Waals surface area contributed by atoms with Gasteiger partial charge in [-0.3, -0.25) is 0 Å². The molecule has 13 heavy (non-hydrogen) atoms. The molecule has 0 fully saturated rings. The summed E-state index contributed by atoms with van der Waals surface area (Å²) in [6.07, 6.45) is 0.882. The molecule has 0 spiro atoms. The van der Waals surface area contributed by atoms with Crippen molar-refractivity contribution in [2.75, 3.05) is 7.11 Å². The molecule has 1 aliphatic carbocycles. The molecule has 1 aromatic heterocycles. The van der Waals surface area contributed by atoms with Gasteiger partial charge in [0.1, 0.15) is 5.69 Å². The van der Waals surface area contributed by atoms with E-state index in [1.165, 1.54) is 10.8 Å². The number of hydrogen-bond acceptors (Lipinski definition) is 2. The summed E-state index contributed by atoms with van der Waals surface area (Å²) in [6, 6.07) is 0. The van der Waals surface area contributed by atoms with Crippen LogP contribution in [-0.4, -0.2) is 32.4 Å². The Morgan fingerprint density at radius 2 is 2.46 bits per heavy atom. The van der Waals surface area contributed by atoms with Crippen LogP contribution >= 0.6 is 0 Å². The maximum Gasteiger partial charge on any atom is 0.397 e. The molecule has 1 aliphatic rings. The first kappa shape index (κ1) is 9.13. The number of rotatable bonds is 1. The number of halogens is 2. The first-order valence-electron chi connectivity index (χ1n) is 3.99. The topological polar surface area (TPSA) is 27.1 Å². The highest BCUT2D eigenvalue weighted by atomic mass is 27.1. The molecule has 0 aromatic carbocycles. The van der Waals surface area contributed by atoms with Gasteiger partial charge in [-0.15, -0.1) is 0 Å². The van der Waals surface area contributed by atoms with Crippen molar-refractivity contribution in [3.8, 4) is 0 Å². The zero-order valence-electron chi connectivity index (χ0n) is 7.42. The van der Waals surface area contributed by atoms with Gasteiger partial charge in [0, 0.05) is 25.3 Å². The fraction of sp³-hybridized carbons (Fsp3) is 0.571. The molecular formula is C7H9AlF2N2O. The lowest BCUT2D eigenvalue weighted by Crippen LogP contribution is -2.11. The maximum absolute atomic E-state index is 13.2. The summed E-state index contributed by atoms with van der Waals surface area (Å²) in [5.41, 5.74) is 0.442. The molecule has 1 aromatic rings. The van der Waals surface area contributed by atoms with E-state index in [1.54, 1.807) is 6.20 Å². The van der Waals surface area contributed by atoms with Crippen LogP contribution in [0.15, 0.2) is 6.20 Å². The molecule has 0 aliphatic heterocycles. The smallest absolute Gasteiger partial charge is 0.376 e. The second-order valence-corrected chi connectivity index (χ2v) is 4.16. The molecule has 0 bridgehead atoms. The van der Waals surface area contributed by atoms with Crippen LogP contribution in [0.2, 0.25) is 0 Å². The van der Waals surface area contributed by atoms with Gasteiger partial charge >= 0.3 is 16.5 Å². The van der Waals surface area contributed by atoms with Crippen LogP contribution in [0.1, 0.15) is 23.8 Å². The molecule has 0 saturated heterocycles. The molecule has 70 valence electrons.